The third-order valence-corrected chi connectivity index (χ3v) is 3.08. The SMILES string of the molecule is CCCCCCCCCCCCCCOF.[LiH]. The van der Waals surface area contributed by atoms with Crippen LogP contribution in [0, 0.1) is 0 Å². The van der Waals surface area contributed by atoms with Gasteiger partial charge in [0.2, 0.25) is 0 Å². The van der Waals surface area contributed by atoms with E-state index in [1.165, 1.54) is 64.2 Å². The van der Waals surface area contributed by atoms with Crippen molar-refractivity contribution in [3.8, 4) is 0 Å². The average Bonchev–Trinajstić information content (AvgIpc) is 2.31. The minimum absolute atomic E-state index is 0. The van der Waals surface area contributed by atoms with Crippen LogP contribution >= 0.6 is 0 Å². The van der Waals surface area contributed by atoms with E-state index in [0.29, 0.717) is 0 Å². The van der Waals surface area contributed by atoms with Gasteiger partial charge in [0.15, 0.2) is 0 Å². The fourth-order valence-corrected chi connectivity index (χ4v) is 2.00. The Morgan fingerprint density at radius 3 is 1.35 bits per heavy atom. The van der Waals surface area contributed by atoms with Crippen molar-refractivity contribution in [3.05, 3.63) is 0 Å². The second-order valence-electron chi connectivity index (χ2n) is 4.70. The molecule has 0 heterocycles. The number of halogens is 1. The quantitative estimate of drug-likeness (QED) is 0.327. The fourth-order valence-electron chi connectivity index (χ4n) is 2.00. The first kappa shape index (κ1) is 19.8. The van der Waals surface area contributed by atoms with E-state index in [-0.39, 0.29) is 25.5 Å². The Morgan fingerprint density at radius 1 is 0.647 bits per heavy atom. The zero-order valence-electron chi connectivity index (χ0n) is 11.0. The molecule has 0 aliphatic rings. The van der Waals surface area contributed by atoms with E-state index in [1.54, 1.807) is 0 Å². The van der Waals surface area contributed by atoms with Gasteiger partial charge in [0.05, 0.1) is 6.61 Å². The van der Waals surface area contributed by atoms with Gasteiger partial charge in [-0.1, -0.05) is 77.6 Å². The van der Waals surface area contributed by atoms with Crippen LogP contribution in [0.15, 0.2) is 0 Å². The second kappa shape index (κ2) is 18.8. The molecule has 0 atom stereocenters. The molecule has 0 aromatic heterocycles. The van der Waals surface area contributed by atoms with Gasteiger partial charge in [0.1, 0.15) is 0 Å². The van der Waals surface area contributed by atoms with Crippen LogP contribution in [0.5, 0.6) is 0 Å². The van der Waals surface area contributed by atoms with E-state index >= 15 is 0 Å². The summed E-state index contributed by atoms with van der Waals surface area (Å²) in [5.41, 5.74) is 0. The minimum atomic E-state index is 0. The maximum absolute atomic E-state index is 11.3. The molecule has 0 spiro atoms. The van der Waals surface area contributed by atoms with Crippen molar-refractivity contribution in [2.45, 2.75) is 84.0 Å². The third kappa shape index (κ3) is 19.0. The molecule has 0 saturated heterocycles. The van der Waals surface area contributed by atoms with Gasteiger partial charge >= 0.3 is 18.9 Å². The summed E-state index contributed by atoms with van der Waals surface area (Å²) in [6.07, 6.45) is 15.6. The van der Waals surface area contributed by atoms with Crippen LogP contribution in [0.1, 0.15) is 84.0 Å². The van der Waals surface area contributed by atoms with Gasteiger partial charge in [0, 0.05) is 0 Å². The summed E-state index contributed by atoms with van der Waals surface area (Å²) in [5.74, 6) is 0. The van der Waals surface area contributed by atoms with Crippen molar-refractivity contribution in [1.82, 2.24) is 0 Å². The van der Waals surface area contributed by atoms with Gasteiger partial charge in [-0.3, -0.25) is 0 Å². The summed E-state index contributed by atoms with van der Waals surface area (Å²) in [5, 5.41) is 0. The normalized spacial score (nSPS) is 10.2. The van der Waals surface area contributed by atoms with Gasteiger partial charge in [-0.25, -0.2) is 0 Å². The monoisotopic (exact) mass is 240 g/mol. The topological polar surface area (TPSA) is 9.23 Å². The van der Waals surface area contributed by atoms with Crippen LogP contribution < -0.4 is 0 Å². The molecule has 0 unspecified atom stereocenters. The molecule has 0 fully saturated rings. The standard InChI is InChI=1S/C14H29FO.Li.H/c1-2-3-4-5-6-7-8-9-10-11-12-13-14-16-15;;/h2-14H2,1H3;;. The molecule has 0 amide bonds. The molecule has 0 aliphatic carbocycles. The first-order valence-electron chi connectivity index (χ1n) is 7.15. The van der Waals surface area contributed by atoms with E-state index in [0.717, 1.165) is 12.8 Å². The summed E-state index contributed by atoms with van der Waals surface area (Å²) in [6.45, 7) is 2.53. The molecule has 0 aromatic carbocycles. The molecular weight excluding hydrogens is 210 g/mol. The Labute approximate surface area is 119 Å². The van der Waals surface area contributed by atoms with Gasteiger partial charge in [-0.15, -0.1) is 0 Å². The summed E-state index contributed by atoms with van der Waals surface area (Å²) in [6, 6.07) is 0. The summed E-state index contributed by atoms with van der Waals surface area (Å²) in [7, 11) is 0. The van der Waals surface area contributed by atoms with Crippen LogP contribution in [-0.2, 0) is 4.94 Å². The summed E-state index contributed by atoms with van der Waals surface area (Å²) in [4.78, 5) is 3.53. The van der Waals surface area contributed by atoms with Gasteiger partial charge in [-0.05, 0) is 10.9 Å². The zero-order valence-corrected chi connectivity index (χ0v) is 11.0. The van der Waals surface area contributed by atoms with Crippen molar-refractivity contribution in [2.75, 3.05) is 6.61 Å². The molecule has 100 valence electrons. The third-order valence-electron chi connectivity index (χ3n) is 3.08. The molecule has 0 aromatic rings. The first-order valence-corrected chi connectivity index (χ1v) is 7.15. The molecule has 0 N–H and O–H groups in total. The Morgan fingerprint density at radius 2 is 1.00 bits per heavy atom. The van der Waals surface area contributed by atoms with Crippen LogP contribution in [0.2, 0.25) is 0 Å². The zero-order chi connectivity index (χ0) is 11.9. The number of hydrogen-bond donors (Lipinski definition) is 0. The van der Waals surface area contributed by atoms with Gasteiger partial charge < -0.3 is 0 Å². The van der Waals surface area contributed by atoms with Crippen molar-refractivity contribution in [2.24, 2.45) is 0 Å². The molecular formula is C14H30FLiO. The molecule has 0 aliphatic heterocycles. The van der Waals surface area contributed by atoms with Crippen LogP contribution in [-0.4, -0.2) is 25.5 Å². The molecule has 17 heavy (non-hydrogen) atoms. The van der Waals surface area contributed by atoms with Crippen molar-refractivity contribution < 1.29 is 9.47 Å². The maximum atomic E-state index is 11.3. The Bertz CT molecular complexity index is 109. The predicted octanol–water partition coefficient (Wildman–Crippen LogP) is 4.94. The van der Waals surface area contributed by atoms with E-state index in [1.807, 2.05) is 0 Å². The first-order chi connectivity index (χ1) is 7.91. The van der Waals surface area contributed by atoms with Gasteiger partial charge in [0.25, 0.3) is 0 Å². The van der Waals surface area contributed by atoms with Crippen molar-refractivity contribution in [1.29, 1.82) is 0 Å². The molecule has 0 radical (unpaired) electrons. The van der Waals surface area contributed by atoms with Crippen molar-refractivity contribution >= 4 is 18.9 Å². The number of hydrogen-bond acceptors (Lipinski definition) is 1. The summed E-state index contributed by atoms with van der Waals surface area (Å²) < 4.78 is 11.3. The summed E-state index contributed by atoms with van der Waals surface area (Å²) >= 11 is 0. The van der Waals surface area contributed by atoms with E-state index < -0.39 is 0 Å². The molecule has 3 heteroatoms. The second-order valence-corrected chi connectivity index (χ2v) is 4.70. The number of rotatable bonds is 13. The molecule has 0 saturated carbocycles. The number of unbranched alkanes of at least 4 members (excludes halogenated alkanes) is 11. The van der Waals surface area contributed by atoms with E-state index in [4.69, 9.17) is 0 Å². The van der Waals surface area contributed by atoms with Crippen LogP contribution in [0.3, 0.4) is 0 Å². The fraction of sp³-hybridized carbons (Fsp3) is 1.00. The molecule has 0 rings (SSSR count). The predicted molar refractivity (Wildman–Crippen MR) is 75.3 cm³/mol. The van der Waals surface area contributed by atoms with Crippen LogP contribution in [0.25, 0.3) is 0 Å². The molecule has 1 nitrogen and oxygen atoms in total. The Balaban J connectivity index is 0. The molecule has 0 bridgehead atoms. The van der Waals surface area contributed by atoms with Crippen molar-refractivity contribution in [3.63, 3.8) is 0 Å². The van der Waals surface area contributed by atoms with Gasteiger partial charge in [-0.2, -0.15) is 4.94 Å². The van der Waals surface area contributed by atoms with Crippen LogP contribution in [0.4, 0.5) is 4.53 Å². The average molecular weight is 240 g/mol. The Hall–Kier alpha value is 0.487. The van der Waals surface area contributed by atoms with E-state index in [9.17, 15) is 4.53 Å². The van der Waals surface area contributed by atoms with E-state index in [2.05, 4.69) is 11.9 Å². The Kier molecular flexibility index (Phi) is 22.0.